The Bertz CT molecular complexity index is 2600. The van der Waals surface area contributed by atoms with Crippen LogP contribution in [0, 0.1) is 0 Å². The number of fused-ring (bicyclic) bond motifs is 3. The summed E-state index contributed by atoms with van der Waals surface area (Å²) < 4.78 is 0. The predicted molar refractivity (Wildman–Crippen MR) is 207 cm³/mol. The first kappa shape index (κ1) is 29.4. The molecule has 3 heteroatoms. The Morgan fingerprint density at radius 1 is 0.300 bits per heavy atom. The normalized spacial score (nSPS) is 11.2. The van der Waals surface area contributed by atoms with Gasteiger partial charge in [-0.05, 0) is 51.2 Å². The Morgan fingerprint density at radius 3 is 1.40 bits per heavy atom. The summed E-state index contributed by atoms with van der Waals surface area (Å²) in [6, 6.07) is 65.6. The lowest BCUT2D eigenvalue weighted by Gasteiger charge is -2.14. The predicted octanol–water partition coefficient (Wildman–Crippen LogP) is 12.2. The van der Waals surface area contributed by atoms with Crippen molar-refractivity contribution in [1.29, 1.82) is 0 Å². The molecule has 0 N–H and O–H groups in total. The van der Waals surface area contributed by atoms with Crippen molar-refractivity contribution in [3.05, 3.63) is 188 Å². The smallest absolute Gasteiger partial charge is 0.160 e. The van der Waals surface area contributed by atoms with Gasteiger partial charge < -0.3 is 0 Å². The number of aromatic nitrogens is 3. The van der Waals surface area contributed by atoms with E-state index < -0.39 is 0 Å². The molecular weight excluding hydrogens is 607 g/mol. The summed E-state index contributed by atoms with van der Waals surface area (Å²) in [6.45, 7) is 0. The van der Waals surface area contributed by atoms with Gasteiger partial charge in [0.05, 0.1) is 22.6 Å². The molecule has 9 aromatic rings. The number of benzene rings is 7. The largest absolute Gasteiger partial charge is 0.248 e. The molecule has 9 rings (SSSR count). The highest BCUT2D eigenvalue weighted by molar-refractivity contribution is 6.13. The number of hydrogen-bond donors (Lipinski definition) is 0. The van der Waals surface area contributed by atoms with Crippen molar-refractivity contribution in [3.8, 4) is 67.4 Å². The van der Waals surface area contributed by atoms with Crippen molar-refractivity contribution >= 4 is 21.7 Å². The van der Waals surface area contributed by atoms with Gasteiger partial charge in [-0.3, -0.25) is 0 Å². The van der Waals surface area contributed by atoms with E-state index in [0.717, 1.165) is 61.4 Å². The minimum absolute atomic E-state index is 0.702. The minimum atomic E-state index is 0.702. The molecule has 234 valence electrons. The van der Waals surface area contributed by atoms with Crippen LogP contribution < -0.4 is 0 Å². The Hall–Kier alpha value is -6.71. The van der Waals surface area contributed by atoms with Gasteiger partial charge in [0.25, 0.3) is 0 Å². The van der Waals surface area contributed by atoms with Crippen molar-refractivity contribution in [3.63, 3.8) is 0 Å². The first-order valence-electron chi connectivity index (χ1n) is 16.9. The van der Waals surface area contributed by atoms with Gasteiger partial charge in [-0.15, -0.1) is 0 Å². The second kappa shape index (κ2) is 12.7. The Labute approximate surface area is 291 Å². The van der Waals surface area contributed by atoms with Gasteiger partial charge >= 0.3 is 0 Å². The van der Waals surface area contributed by atoms with E-state index in [1.54, 1.807) is 0 Å². The maximum absolute atomic E-state index is 5.13. The highest BCUT2D eigenvalue weighted by Crippen LogP contribution is 2.38. The van der Waals surface area contributed by atoms with Crippen LogP contribution >= 0.6 is 0 Å². The molecule has 2 aromatic heterocycles. The Morgan fingerprint density at radius 2 is 0.760 bits per heavy atom. The molecule has 0 bridgehead atoms. The maximum Gasteiger partial charge on any atom is 0.160 e. The topological polar surface area (TPSA) is 38.7 Å². The van der Waals surface area contributed by atoms with E-state index in [1.165, 1.54) is 21.9 Å². The van der Waals surface area contributed by atoms with E-state index in [-0.39, 0.29) is 0 Å². The van der Waals surface area contributed by atoms with Crippen LogP contribution in [0.5, 0.6) is 0 Å². The average molecular weight is 638 g/mol. The molecule has 0 spiro atoms. The van der Waals surface area contributed by atoms with Crippen LogP contribution in [0.4, 0.5) is 0 Å². The first-order chi connectivity index (χ1) is 24.8. The summed E-state index contributed by atoms with van der Waals surface area (Å²) in [5.74, 6) is 0.702. The third-order valence-electron chi connectivity index (χ3n) is 9.31. The summed E-state index contributed by atoms with van der Waals surface area (Å²) in [5, 5.41) is 3.55. The number of hydrogen-bond acceptors (Lipinski definition) is 3. The molecule has 2 heterocycles. The third kappa shape index (κ3) is 5.61. The SMILES string of the molecule is c1ccc(-c2ccc(-c3cc(-c4ccc(-c5cc(-c6ccccc6)nc6ccc7ccccc7c56)cc4)nc(-c4ccccc4)n3)cc2)cc1. The summed E-state index contributed by atoms with van der Waals surface area (Å²) in [5.41, 5.74) is 12.5. The highest BCUT2D eigenvalue weighted by atomic mass is 14.9. The van der Waals surface area contributed by atoms with Crippen LogP contribution in [-0.4, -0.2) is 15.0 Å². The van der Waals surface area contributed by atoms with E-state index in [0.29, 0.717) is 5.82 Å². The fourth-order valence-electron chi connectivity index (χ4n) is 6.74. The van der Waals surface area contributed by atoms with Gasteiger partial charge in [-0.25, -0.2) is 15.0 Å². The van der Waals surface area contributed by atoms with Crippen LogP contribution in [0.3, 0.4) is 0 Å². The highest BCUT2D eigenvalue weighted by Gasteiger charge is 2.15. The van der Waals surface area contributed by atoms with Crippen LogP contribution in [0.25, 0.3) is 89.1 Å². The quantitative estimate of drug-likeness (QED) is 0.170. The van der Waals surface area contributed by atoms with Crippen LogP contribution in [-0.2, 0) is 0 Å². The molecule has 0 aliphatic heterocycles. The van der Waals surface area contributed by atoms with Crippen molar-refractivity contribution in [2.24, 2.45) is 0 Å². The average Bonchev–Trinajstić information content (AvgIpc) is 3.21. The van der Waals surface area contributed by atoms with Crippen molar-refractivity contribution in [1.82, 2.24) is 15.0 Å². The molecule has 3 nitrogen and oxygen atoms in total. The maximum atomic E-state index is 5.13. The summed E-state index contributed by atoms with van der Waals surface area (Å²) >= 11 is 0. The molecule has 0 fully saturated rings. The Balaban J connectivity index is 1.16. The molecule has 0 unspecified atom stereocenters. The molecule has 7 aromatic carbocycles. The fourth-order valence-corrected chi connectivity index (χ4v) is 6.74. The van der Waals surface area contributed by atoms with Crippen LogP contribution in [0.2, 0.25) is 0 Å². The third-order valence-corrected chi connectivity index (χ3v) is 9.31. The van der Waals surface area contributed by atoms with E-state index >= 15 is 0 Å². The zero-order chi connectivity index (χ0) is 33.3. The molecular formula is C47H31N3. The van der Waals surface area contributed by atoms with Crippen molar-refractivity contribution in [2.75, 3.05) is 0 Å². The van der Waals surface area contributed by atoms with E-state index in [9.17, 15) is 0 Å². The molecule has 50 heavy (non-hydrogen) atoms. The van der Waals surface area contributed by atoms with E-state index in [2.05, 4.69) is 158 Å². The fraction of sp³-hybridized carbons (Fsp3) is 0. The molecule has 0 saturated carbocycles. The Kier molecular flexibility index (Phi) is 7.49. The van der Waals surface area contributed by atoms with E-state index in [1.807, 2.05) is 30.3 Å². The second-order valence-electron chi connectivity index (χ2n) is 12.5. The monoisotopic (exact) mass is 637 g/mol. The van der Waals surface area contributed by atoms with Gasteiger partial charge in [0.15, 0.2) is 5.82 Å². The van der Waals surface area contributed by atoms with Gasteiger partial charge in [-0.2, -0.15) is 0 Å². The summed E-state index contributed by atoms with van der Waals surface area (Å²) in [4.78, 5) is 15.3. The molecule has 0 aliphatic carbocycles. The lowest BCUT2D eigenvalue weighted by molar-refractivity contribution is 1.18. The summed E-state index contributed by atoms with van der Waals surface area (Å²) in [7, 11) is 0. The zero-order valence-corrected chi connectivity index (χ0v) is 27.2. The zero-order valence-electron chi connectivity index (χ0n) is 27.2. The minimum Gasteiger partial charge on any atom is -0.248 e. The second-order valence-corrected chi connectivity index (χ2v) is 12.5. The van der Waals surface area contributed by atoms with E-state index in [4.69, 9.17) is 15.0 Å². The van der Waals surface area contributed by atoms with Gasteiger partial charge in [0.2, 0.25) is 0 Å². The molecule has 0 radical (unpaired) electrons. The lowest BCUT2D eigenvalue weighted by atomic mass is 9.93. The number of nitrogens with zero attached hydrogens (tertiary/aromatic N) is 3. The van der Waals surface area contributed by atoms with Crippen LogP contribution in [0.15, 0.2) is 188 Å². The molecule has 0 atom stereocenters. The van der Waals surface area contributed by atoms with Crippen LogP contribution in [0.1, 0.15) is 0 Å². The lowest BCUT2D eigenvalue weighted by Crippen LogP contribution is -1.96. The van der Waals surface area contributed by atoms with Gasteiger partial charge in [0, 0.05) is 27.6 Å². The van der Waals surface area contributed by atoms with Crippen molar-refractivity contribution < 1.29 is 0 Å². The standard InChI is InChI=1S/C47H31N3/c1-4-12-32(13-5-1)33-20-24-37(25-21-33)44-31-45(50-47(49-44)39-17-8-3-9-18-39)38-26-22-35(23-27-38)41-30-43(36-15-6-2-7-16-36)48-42-29-28-34-14-10-11-19-40(34)46(41)42/h1-31H. The molecule has 0 aliphatic rings. The molecule has 0 amide bonds. The van der Waals surface area contributed by atoms with Crippen molar-refractivity contribution in [2.45, 2.75) is 0 Å². The van der Waals surface area contributed by atoms with Gasteiger partial charge in [-0.1, -0.05) is 170 Å². The summed E-state index contributed by atoms with van der Waals surface area (Å²) in [6.07, 6.45) is 0. The number of rotatable bonds is 6. The number of pyridine rings is 1. The first-order valence-corrected chi connectivity index (χ1v) is 16.9. The van der Waals surface area contributed by atoms with Gasteiger partial charge in [0.1, 0.15) is 0 Å². The molecule has 0 saturated heterocycles.